The van der Waals surface area contributed by atoms with Crippen LogP contribution in [0.1, 0.15) is 25.3 Å². The molecule has 0 bridgehead atoms. The van der Waals surface area contributed by atoms with Gasteiger partial charge in [0.25, 0.3) is 0 Å². The van der Waals surface area contributed by atoms with Crippen LogP contribution in [0.3, 0.4) is 0 Å². The molecule has 1 N–H and O–H groups in total. The van der Waals surface area contributed by atoms with Crippen LogP contribution in [0.2, 0.25) is 0 Å². The Balaban J connectivity index is 1.64. The number of amides is 1. The van der Waals surface area contributed by atoms with Crippen LogP contribution in [0.4, 0.5) is 11.4 Å². The fraction of sp³-hybridized carbons (Fsp3) is 0.458. The molecule has 1 saturated heterocycles. The molecule has 33 heavy (non-hydrogen) atoms. The molecule has 8 nitrogen and oxygen atoms in total. The van der Waals surface area contributed by atoms with Gasteiger partial charge >= 0.3 is 0 Å². The lowest BCUT2D eigenvalue weighted by Crippen LogP contribution is -2.40. The maximum atomic E-state index is 12.6. The van der Waals surface area contributed by atoms with Gasteiger partial charge in [-0.1, -0.05) is 19.1 Å². The van der Waals surface area contributed by atoms with Crippen LogP contribution in [0, 0.1) is 5.92 Å². The van der Waals surface area contributed by atoms with Crippen molar-refractivity contribution < 1.29 is 22.7 Å². The Morgan fingerprint density at radius 2 is 1.88 bits per heavy atom. The minimum Gasteiger partial charge on any atom is -0.497 e. The van der Waals surface area contributed by atoms with E-state index in [4.69, 9.17) is 9.47 Å². The van der Waals surface area contributed by atoms with Crippen molar-refractivity contribution in [3.63, 3.8) is 0 Å². The van der Waals surface area contributed by atoms with Crippen LogP contribution in [0.5, 0.6) is 11.5 Å². The van der Waals surface area contributed by atoms with Crippen molar-refractivity contribution in [2.45, 2.75) is 26.3 Å². The van der Waals surface area contributed by atoms with Gasteiger partial charge in [0, 0.05) is 31.4 Å². The van der Waals surface area contributed by atoms with E-state index in [1.807, 2.05) is 12.1 Å². The molecule has 1 fully saturated rings. The highest BCUT2D eigenvalue weighted by atomic mass is 32.2. The standard InChI is InChI=1S/C24H33N3O5S/c1-18-6-5-13-26(16-18)20-9-7-19(8-10-20)15-25-24(28)17-27(33(4,29)30)22-12-11-21(31-2)14-23(22)32-3/h7-12,14,18H,5-6,13,15-17H2,1-4H3,(H,25,28). The number of carbonyl (C=O) groups is 1. The molecule has 1 aliphatic heterocycles. The average Bonchev–Trinajstić information content (AvgIpc) is 2.80. The molecule has 0 spiro atoms. The fourth-order valence-electron chi connectivity index (χ4n) is 4.01. The van der Waals surface area contributed by atoms with Crippen LogP contribution < -0.4 is 24.0 Å². The molecule has 1 atom stereocenters. The fourth-order valence-corrected chi connectivity index (χ4v) is 4.87. The maximum Gasteiger partial charge on any atom is 0.241 e. The first-order valence-corrected chi connectivity index (χ1v) is 12.9. The van der Waals surface area contributed by atoms with E-state index in [2.05, 4.69) is 29.3 Å². The van der Waals surface area contributed by atoms with E-state index in [1.165, 1.54) is 32.7 Å². The number of methoxy groups -OCH3 is 2. The highest BCUT2D eigenvalue weighted by molar-refractivity contribution is 7.92. The van der Waals surface area contributed by atoms with Crippen LogP contribution >= 0.6 is 0 Å². The molecule has 1 unspecified atom stereocenters. The number of ether oxygens (including phenoxy) is 2. The van der Waals surface area contributed by atoms with E-state index in [9.17, 15) is 13.2 Å². The van der Waals surface area contributed by atoms with Gasteiger partial charge in [-0.3, -0.25) is 9.10 Å². The lowest BCUT2D eigenvalue weighted by atomic mass is 9.99. The Bertz CT molecular complexity index is 1060. The lowest BCUT2D eigenvalue weighted by Gasteiger charge is -2.32. The van der Waals surface area contributed by atoms with Gasteiger partial charge in [-0.2, -0.15) is 0 Å². The first-order valence-electron chi connectivity index (χ1n) is 11.0. The van der Waals surface area contributed by atoms with Crippen molar-refractivity contribution >= 4 is 27.3 Å². The summed E-state index contributed by atoms with van der Waals surface area (Å²) in [4.78, 5) is 15.0. The first-order chi connectivity index (χ1) is 15.7. The first kappa shape index (κ1) is 24.7. The molecule has 9 heteroatoms. The average molecular weight is 476 g/mol. The molecular formula is C24H33N3O5S. The highest BCUT2D eigenvalue weighted by Gasteiger charge is 2.24. The van der Waals surface area contributed by atoms with E-state index in [-0.39, 0.29) is 12.2 Å². The number of hydrogen-bond acceptors (Lipinski definition) is 6. The Morgan fingerprint density at radius 3 is 2.48 bits per heavy atom. The summed E-state index contributed by atoms with van der Waals surface area (Å²) in [5.74, 6) is 1.11. The second-order valence-corrected chi connectivity index (χ2v) is 10.4. The van der Waals surface area contributed by atoms with Gasteiger partial charge in [0.2, 0.25) is 15.9 Å². The van der Waals surface area contributed by atoms with Gasteiger partial charge in [0.05, 0.1) is 26.2 Å². The predicted molar refractivity (Wildman–Crippen MR) is 131 cm³/mol. The SMILES string of the molecule is COc1ccc(N(CC(=O)NCc2ccc(N3CCCC(C)C3)cc2)S(C)(=O)=O)c(OC)c1. The lowest BCUT2D eigenvalue weighted by molar-refractivity contribution is -0.119. The molecule has 2 aromatic rings. The number of benzene rings is 2. The number of anilines is 2. The van der Waals surface area contributed by atoms with Crippen LogP contribution in [-0.2, 0) is 21.4 Å². The second kappa shape index (κ2) is 10.8. The van der Waals surface area contributed by atoms with Crippen LogP contribution in [-0.4, -0.2) is 54.4 Å². The molecule has 0 aromatic heterocycles. The second-order valence-electron chi connectivity index (χ2n) is 8.44. The van der Waals surface area contributed by atoms with E-state index in [0.29, 0.717) is 24.0 Å². The molecule has 3 rings (SSSR count). The van der Waals surface area contributed by atoms with Gasteiger partial charge in [-0.05, 0) is 48.6 Å². The molecule has 2 aromatic carbocycles. The molecule has 180 valence electrons. The highest BCUT2D eigenvalue weighted by Crippen LogP contribution is 2.33. The molecule has 0 saturated carbocycles. The summed E-state index contributed by atoms with van der Waals surface area (Å²) in [6, 6.07) is 12.9. The summed E-state index contributed by atoms with van der Waals surface area (Å²) in [5.41, 5.74) is 2.41. The topological polar surface area (TPSA) is 88.2 Å². The third-order valence-electron chi connectivity index (χ3n) is 5.79. The number of nitrogens with zero attached hydrogens (tertiary/aromatic N) is 2. The molecule has 1 heterocycles. The smallest absolute Gasteiger partial charge is 0.241 e. The summed E-state index contributed by atoms with van der Waals surface area (Å²) in [6.45, 7) is 4.36. The van der Waals surface area contributed by atoms with Crippen molar-refractivity contribution in [2.75, 3.05) is 49.3 Å². The number of piperidine rings is 1. The maximum absolute atomic E-state index is 12.6. The number of carbonyl (C=O) groups excluding carboxylic acids is 1. The number of sulfonamides is 1. The zero-order valence-electron chi connectivity index (χ0n) is 19.7. The van der Waals surface area contributed by atoms with Crippen molar-refractivity contribution in [1.29, 1.82) is 0 Å². The zero-order valence-corrected chi connectivity index (χ0v) is 20.5. The Hall–Kier alpha value is -2.94. The predicted octanol–water partition coefficient (Wildman–Crippen LogP) is 3.02. The van der Waals surface area contributed by atoms with E-state index in [1.54, 1.807) is 18.2 Å². The molecule has 1 aliphatic rings. The van der Waals surface area contributed by atoms with Crippen molar-refractivity contribution in [3.8, 4) is 11.5 Å². The van der Waals surface area contributed by atoms with Crippen LogP contribution in [0.25, 0.3) is 0 Å². The molecule has 0 radical (unpaired) electrons. The summed E-state index contributed by atoms with van der Waals surface area (Å²) in [5, 5.41) is 2.81. The number of rotatable bonds is 9. The summed E-state index contributed by atoms with van der Waals surface area (Å²) >= 11 is 0. The van der Waals surface area contributed by atoms with Crippen molar-refractivity contribution in [1.82, 2.24) is 5.32 Å². The Labute approximate surface area is 196 Å². The van der Waals surface area contributed by atoms with Gasteiger partial charge in [-0.25, -0.2) is 8.42 Å². The zero-order chi connectivity index (χ0) is 24.0. The van der Waals surface area contributed by atoms with Crippen LogP contribution in [0.15, 0.2) is 42.5 Å². The van der Waals surface area contributed by atoms with E-state index in [0.717, 1.165) is 29.2 Å². The monoisotopic (exact) mass is 475 g/mol. The molecule has 0 aliphatic carbocycles. The van der Waals surface area contributed by atoms with Crippen molar-refractivity contribution in [3.05, 3.63) is 48.0 Å². The summed E-state index contributed by atoms with van der Waals surface area (Å²) in [6.07, 6.45) is 3.53. The third kappa shape index (κ3) is 6.54. The summed E-state index contributed by atoms with van der Waals surface area (Å²) in [7, 11) is -0.777. The van der Waals surface area contributed by atoms with E-state index < -0.39 is 15.9 Å². The molecule has 1 amide bonds. The van der Waals surface area contributed by atoms with Gasteiger partial charge in [-0.15, -0.1) is 0 Å². The minimum atomic E-state index is -3.72. The normalized spacial score (nSPS) is 16.2. The molecular weight excluding hydrogens is 442 g/mol. The summed E-state index contributed by atoms with van der Waals surface area (Å²) < 4.78 is 36.4. The van der Waals surface area contributed by atoms with E-state index >= 15 is 0 Å². The van der Waals surface area contributed by atoms with Crippen molar-refractivity contribution in [2.24, 2.45) is 5.92 Å². The Morgan fingerprint density at radius 1 is 1.15 bits per heavy atom. The number of hydrogen-bond donors (Lipinski definition) is 1. The minimum absolute atomic E-state index is 0.274. The number of nitrogens with one attached hydrogen (secondary N) is 1. The van der Waals surface area contributed by atoms with Gasteiger partial charge < -0.3 is 19.7 Å². The van der Waals surface area contributed by atoms with Gasteiger partial charge in [0.1, 0.15) is 18.0 Å². The largest absolute Gasteiger partial charge is 0.497 e. The third-order valence-corrected chi connectivity index (χ3v) is 6.92. The van der Waals surface area contributed by atoms with Gasteiger partial charge in [0.15, 0.2) is 0 Å². The quantitative estimate of drug-likeness (QED) is 0.600. The Kier molecular flexibility index (Phi) is 8.07.